The minimum atomic E-state index is -1.02. The van der Waals surface area contributed by atoms with Crippen LogP contribution < -0.4 is 10.1 Å². The van der Waals surface area contributed by atoms with Crippen LogP contribution in [0.5, 0.6) is 5.75 Å². The molecule has 0 spiro atoms. The molecule has 0 aliphatic carbocycles. The molecular weight excluding hydrogens is 332 g/mol. The quantitative estimate of drug-likeness (QED) is 0.795. The molecule has 1 aromatic heterocycles. The van der Waals surface area contributed by atoms with Gasteiger partial charge in [0.05, 0.1) is 12.7 Å². The predicted molar refractivity (Wildman–Crippen MR) is 100 cm³/mol. The number of carbonyl (C=O) groups is 2. The first-order valence-corrected chi connectivity index (χ1v) is 8.61. The SMILES string of the molecule is COc1ccc(-n2c(C)cc(C(=O)NC(CC(C)C)C(=O)O)c2C)cc1. The summed E-state index contributed by atoms with van der Waals surface area (Å²) in [6, 6.07) is 8.43. The Morgan fingerprint density at radius 2 is 1.81 bits per heavy atom. The van der Waals surface area contributed by atoms with E-state index < -0.39 is 12.0 Å². The third-order valence-electron chi connectivity index (χ3n) is 4.32. The molecule has 26 heavy (non-hydrogen) atoms. The lowest BCUT2D eigenvalue weighted by atomic mass is 10.0. The van der Waals surface area contributed by atoms with E-state index in [1.54, 1.807) is 13.2 Å². The van der Waals surface area contributed by atoms with Gasteiger partial charge in [0, 0.05) is 17.1 Å². The van der Waals surface area contributed by atoms with Crippen LogP contribution in [0.1, 0.15) is 42.0 Å². The predicted octanol–water partition coefficient (Wildman–Crippen LogP) is 3.33. The van der Waals surface area contributed by atoms with E-state index in [2.05, 4.69) is 5.32 Å². The summed E-state index contributed by atoms with van der Waals surface area (Å²) in [5.41, 5.74) is 3.05. The van der Waals surface area contributed by atoms with Gasteiger partial charge in [-0.2, -0.15) is 0 Å². The maximum Gasteiger partial charge on any atom is 0.326 e. The molecule has 2 aromatic rings. The van der Waals surface area contributed by atoms with Crippen molar-refractivity contribution in [3.05, 3.63) is 47.3 Å². The van der Waals surface area contributed by atoms with Crippen LogP contribution in [0.2, 0.25) is 0 Å². The third-order valence-corrected chi connectivity index (χ3v) is 4.32. The fraction of sp³-hybridized carbons (Fsp3) is 0.400. The second kappa shape index (κ2) is 8.08. The van der Waals surface area contributed by atoms with Crippen LogP contribution >= 0.6 is 0 Å². The van der Waals surface area contributed by atoms with Gasteiger partial charge in [0.15, 0.2) is 0 Å². The molecule has 0 radical (unpaired) electrons. The highest BCUT2D eigenvalue weighted by Gasteiger charge is 2.24. The van der Waals surface area contributed by atoms with Crippen molar-refractivity contribution in [2.45, 2.75) is 40.2 Å². The summed E-state index contributed by atoms with van der Waals surface area (Å²) in [5.74, 6) is -0.461. The molecule has 0 bridgehead atoms. The zero-order valence-electron chi connectivity index (χ0n) is 15.9. The summed E-state index contributed by atoms with van der Waals surface area (Å²) in [6.45, 7) is 7.62. The Bertz CT molecular complexity index is 791. The van der Waals surface area contributed by atoms with Gasteiger partial charge in [-0.05, 0) is 56.5 Å². The number of nitrogens with one attached hydrogen (secondary N) is 1. The summed E-state index contributed by atoms with van der Waals surface area (Å²) in [6.07, 6.45) is 0.387. The molecule has 0 aliphatic rings. The lowest BCUT2D eigenvalue weighted by Gasteiger charge is -2.16. The number of methoxy groups -OCH3 is 1. The number of hydrogen-bond acceptors (Lipinski definition) is 3. The number of amides is 1. The molecule has 2 rings (SSSR count). The normalized spacial score (nSPS) is 12.1. The molecule has 1 amide bonds. The molecule has 6 nitrogen and oxygen atoms in total. The maximum absolute atomic E-state index is 12.7. The van der Waals surface area contributed by atoms with Crippen LogP contribution in [0, 0.1) is 19.8 Å². The van der Waals surface area contributed by atoms with Gasteiger partial charge in [-0.15, -0.1) is 0 Å². The number of carbonyl (C=O) groups excluding carboxylic acids is 1. The highest BCUT2D eigenvalue weighted by molar-refractivity contribution is 5.98. The Hall–Kier alpha value is -2.76. The van der Waals surface area contributed by atoms with Gasteiger partial charge in [-0.1, -0.05) is 13.8 Å². The van der Waals surface area contributed by atoms with Gasteiger partial charge in [-0.25, -0.2) is 4.79 Å². The number of ether oxygens (including phenoxy) is 1. The number of hydrogen-bond donors (Lipinski definition) is 2. The van der Waals surface area contributed by atoms with Crippen LogP contribution in [0.3, 0.4) is 0 Å². The van der Waals surface area contributed by atoms with Crippen LogP contribution in [-0.2, 0) is 4.79 Å². The molecule has 140 valence electrons. The van der Waals surface area contributed by atoms with Gasteiger partial charge in [0.25, 0.3) is 5.91 Å². The van der Waals surface area contributed by atoms with Crippen molar-refractivity contribution >= 4 is 11.9 Å². The summed E-state index contributed by atoms with van der Waals surface area (Å²) in [5, 5.41) is 12.0. The first-order valence-electron chi connectivity index (χ1n) is 8.61. The van der Waals surface area contributed by atoms with E-state index in [-0.39, 0.29) is 11.8 Å². The Kier molecular flexibility index (Phi) is 6.08. The van der Waals surface area contributed by atoms with Crippen LogP contribution in [0.4, 0.5) is 0 Å². The smallest absolute Gasteiger partial charge is 0.326 e. The Morgan fingerprint density at radius 3 is 2.31 bits per heavy atom. The van der Waals surface area contributed by atoms with Gasteiger partial charge in [-0.3, -0.25) is 4.79 Å². The number of aryl methyl sites for hydroxylation is 1. The average molecular weight is 358 g/mol. The first kappa shape index (κ1) is 19.6. The van der Waals surface area contributed by atoms with E-state index in [9.17, 15) is 14.7 Å². The zero-order chi connectivity index (χ0) is 19.4. The Balaban J connectivity index is 2.30. The highest BCUT2D eigenvalue weighted by Crippen LogP contribution is 2.23. The van der Waals surface area contributed by atoms with Crippen molar-refractivity contribution in [3.8, 4) is 11.4 Å². The highest BCUT2D eigenvalue weighted by atomic mass is 16.5. The van der Waals surface area contributed by atoms with Crippen molar-refractivity contribution in [3.63, 3.8) is 0 Å². The fourth-order valence-electron chi connectivity index (χ4n) is 3.05. The lowest BCUT2D eigenvalue weighted by Crippen LogP contribution is -2.41. The Labute approximate surface area is 153 Å². The summed E-state index contributed by atoms with van der Waals surface area (Å²) in [7, 11) is 1.61. The fourth-order valence-corrected chi connectivity index (χ4v) is 3.05. The van der Waals surface area contributed by atoms with Crippen LogP contribution in [-0.4, -0.2) is 34.7 Å². The second-order valence-electron chi connectivity index (χ2n) is 6.81. The number of benzene rings is 1. The topological polar surface area (TPSA) is 80.6 Å². The molecule has 6 heteroatoms. The van der Waals surface area contributed by atoms with Crippen molar-refractivity contribution in [2.24, 2.45) is 5.92 Å². The van der Waals surface area contributed by atoms with Crippen molar-refractivity contribution < 1.29 is 19.4 Å². The number of nitrogens with zero attached hydrogens (tertiary/aromatic N) is 1. The van der Waals surface area contributed by atoms with E-state index in [0.717, 1.165) is 22.8 Å². The number of rotatable bonds is 7. The molecule has 1 heterocycles. The molecule has 1 unspecified atom stereocenters. The largest absolute Gasteiger partial charge is 0.497 e. The molecule has 1 atom stereocenters. The lowest BCUT2D eigenvalue weighted by molar-refractivity contribution is -0.139. The van der Waals surface area contributed by atoms with Gasteiger partial charge >= 0.3 is 5.97 Å². The molecule has 1 aromatic carbocycles. The van der Waals surface area contributed by atoms with E-state index >= 15 is 0 Å². The van der Waals surface area contributed by atoms with E-state index in [0.29, 0.717) is 12.0 Å². The summed E-state index contributed by atoms with van der Waals surface area (Å²) >= 11 is 0. The van der Waals surface area contributed by atoms with E-state index in [4.69, 9.17) is 4.74 Å². The summed E-state index contributed by atoms with van der Waals surface area (Å²) < 4.78 is 7.14. The van der Waals surface area contributed by atoms with Gasteiger partial charge in [0.2, 0.25) is 0 Å². The van der Waals surface area contributed by atoms with Crippen molar-refractivity contribution in [1.29, 1.82) is 0 Å². The van der Waals surface area contributed by atoms with Gasteiger partial charge < -0.3 is 19.7 Å². The molecular formula is C20H26N2O4. The minimum Gasteiger partial charge on any atom is -0.497 e. The standard InChI is InChI=1S/C20H26N2O4/c1-12(2)10-18(20(24)25)21-19(23)17-11-13(3)22(14(17)4)15-6-8-16(26-5)9-7-15/h6-9,11-12,18H,10H2,1-5H3,(H,21,23)(H,24,25). The van der Waals surface area contributed by atoms with Crippen molar-refractivity contribution in [2.75, 3.05) is 7.11 Å². The first-order chi connectivity index (χ1) is 12.2. The number of carboxylic acids is 1. The second-order valence-corrected chi connectivity index (χ2v) is 6.81. The molecule has 2 N–H and O–H groups in total. The van der Waals surface area contributed by atoms with Crippen molar-refractivity contribution in [1.82, 2.24) is 9.88 Å². The number of aromatic nitrogens is 1. The van der Waals surface area contributed by atoms with E-state index in [1.165, 1.54) is 0 Å². The number of carboxylic acid groups (broad SMARTS) is 1. The molecule has 0 aliphatic heterocycles. The molecule has 0 saturated carbocycles. The van der Waals surface area contributed by atoms with Crippen LogP contribution in [0.15, 0.2) is 30.3 Å². The van der Waals surface area contributed by atoms with Gasteiger partial charge in [0.1, 0.15) is 11.8 Å². The number of aliphatic carboxylic acids is 1. The molecule has 0 saturated heterocycles. The van der Waals surface area contributed by atoms with Crippen LogP contribution in [0.25, 0.3) is 5.69 Å². The maximum atomic E-state index is 12.7. The minimum absolute atomic E-state index is 0.170. The zero-order valence-corrected chi connectivity index (χ0v) is 15.9. The van der Waals surface area contributed by atoms with E-state index in [1.807, 2.05) is 56.5 Å². The third kappa shape index (κ3) is 4.25. The summed E-state index contributed by atoms with van der Waals surface area (Å²) in [4.78, 5) is 24.1. The average Bonchev–Trinajstić information content (AvgIpc) is 2.88. The monoisotopic (exact) mass is 358 g/mol. The Morgan fingerprint density at radius 1 is 1.19 bits per heavy atom. The molecule has 0 fully saturated rings.